The molecule has 0 bridgehead atoms. The zero-order valence-electron chi connectivity index (χ0n) is 11.0. The molecule has 1 aromatic carbocycles. The largest absolute Gasteiger partial charge is 0.481 e. The van der Waals surface area contributed by atoms with E-state index >= 15 is 0 Å². The monoisotopic (exact) mass is 277 g/mol. The van der Waals surface area contributed by atoms with E-state index in [9.17, 15) is 14.4 Å². The summed E-state index contributed by atoms with van der Waals surface area (Å²) in [6.07, 6.45) is 0.360. The molecule has 0 heterocycles. The van der Waals surface area contributed by atoms with Gasteiger partial charge in [-0.25, -0.2) is 4.79 Å². The van der Waals surface area contributed by atoms with Crippen LogP contribution in [0.5, 0.6) is 0 Å². The number of anilines is 1. The van der Waals surface area contributed by atoms with Crippen LogP contribution in [0.25, 0.3) is 0 Å². The summed E-state index contributed by atoms with van der Waals surface area (Å²) in [7, 11) is 0. The number of ether oxygens (including phenoxy) is 1. The summed E-state index contributed by atoms with van der Waals surface area (Å²) in [4.78, 5) is 34.1. The molecule has 0 saturated heterocycles. The van der Waals surface area contributed by atoms with Crippen molar-refractivity contribution in [3.8, 4) is 0 Å². The van der Waals surface area contributed by atoms with Crippen LogP contribution >= 0.6 is 0 Å². The fraction of sp³-hybridized carbons (Fsp3) is 0.357. The molecule has 0 aliphatic heterocycles. The number of benzene rings is 1. The summed E-state index contributed by atoms with van der Waals surface area (Å²) in [6, 6.07) is 6.36. The molecule has 106 valence electrons. The molecule has 1 aromatic rings. The Morgan fingerprint density at radius 2 is 2.10 bits per heavy atom. The molecule has 2 N–H and O–H groups in total. The summed E-state index contributed by atoms with van der Waals surface area (Å²) in [5, 5.41) is 11.4. The summed E-state index contributed by atoms with van der Waals surface area (Å²) in [5.41, 5.74) is 0.798. The number of hydrogen-bond donors (Lipinski definition) is 2. The van der Waals surface area contributed by atoms with Gasteiger partial charge in [0.2, 0.25) is 5.91 Å². The zero-order valence-corrected chi connectivity index (χ0v) is 11.0. The van der Waals surface area contributed by atoms with Crippen LogP contribution in [-0.4, -0.2) is 29.6 Å². The molecule has 0 aromatic heterocycles. The standard InChI is InChI=1S/C14H15NO5/c1-2-20-14(19)8-4-3-5-9(6-8)15-12(16)10-7-11(10)13(17)18/h3-6,10-11H,2,7H2,1H3,(H,15,16)(H,17,18)/t10-,11+/m1/s1. The Morgan fingerprint density at radius 1 is 1.35 bits per heavy atom. The number of carboxylic acid groups (broad SMARTS) is 1. The van der Waals surface area contributed by atoms with Crippen LogP contribution in [0.15, 0.2) is 24.3 Å². The number of esters is 1. The van der Waals surface area contributed by atoms with Crippen molar-refractivity contribution in [2.24, 2.45) is 11.8 Å². The second-order valence-corrected chi connectivity index (χ2v) is 4.58. The maximum absolute atomic E-state index is 11.8. The van der Waals surface area contributed by atoms with E-state index in [4.69, 9.17) is 9.84 Å². The highest BCUT2D eigenvalue weighted by Crippen LogP contribution is 2.39. The topological polar surface area (TPSA) is 92.7 Å². The third-order valence-electron chi connectivity index (χ3n) is 3.09. The van der Waals surface area contributed by atoms with Crippen molar-refractivity contribution < 1.29 is 24.2 Å². The van der Waals surface area contributed by atoms with Gasteiger partial charge in [-0.05, 0) is 31.5 Å². The third kappa shape index (κ3) is 3.14. The van der Waals surface area contributed by atoms with Crippen LogP contribution in [0, 0.1) is 11.8 Å². The lowest BCUT2D eigenvalue weighted by molar-refractivity contribution is -0.139. The van der Waals surface area contributed by atoms with Crippen LogP contribution < -0.4 is 5.32 Å². The smallest absolute Gasteiger partial charge is 0.338 e. The molecule has 0 unspecified atom stereocenters. The first-order valence-electron chi connectivity index (χ1n) is 6.33. The first-order chi connectivity index (χ1) is 9.52. The SMILES string of the molecule is CCOC(=O)c1cccc(NC(=O)[C@@H]2C[C@@H]2C(=O)O)c1. The van der Waals surface area contributed by atoms with Crippen LogP contribution in [0.4, 0.5) is 5.69 Å². The maximum atomic E-state index is 11.8. The number of nitrogens with one attached hydrogen (secondary N) is 1. The molecule has 1 fully saturated rings. The molecule has 6 nitrogen and oxygen atoms in total. The highest BCUT2D eigenvalue weighted by atomic mass is 16.5. The molecular weight excluding hydrogens is 262 g/mol. The van der Waals surface area contributed by atoms with E-state index in [0.717, 1.165) is 0 Å². The molecule has 20 heavy (non-hydrogen) atoms. The molecule has 1 aliphatic rings. The Balaban J connectivity index is 2.00. The normalized spacial score (nSPS) is 20.1. The number of carbonyl (C=O) groups excluding carboxylic acids is 2. The number of amides is 1. The number of aliphatic carboxylic acids is 1. The molecule has 0 spiro atoms. The van der Waals surface area contributed by atoms with Gasteiger partial charge in [-0.2, -0.15) is 0 Å². The fourth-order valence-electron chi connectivity index (χ4n) is 1.93. The van der Waals surface area contributed by atoms with Crippen LogP contribution in [0.2, 0.25) is 0 Å². The quantitative estimate of drug-likeness (QED) is 0.796. The zero-order chi connectivity index (χ0) is 14.7. The van der Waals surface area contributed by atoms with E-state index < -0.39 is 23.8 Å². The van der Waals surface area contributed by atoms with Crippen molar-refractivity contribution in [1.29, 1.82) is 0 Å². The van der Waals surface area contributed by atoms with Gasteiger partial charge in [-0.15, -0.1) is 0 Å². The average Bonchev–Trinajstić information content (AvgIpc) is 3.19. The lowest BCUT2D eigenvalue weighted by Gasteiger charge is -2.06. The van der Waals surface area contributed by atoms with Gasteiger partial charge in [0.1, 0.15) is 0 Å². The number of carboxylic acids is 1. The van der Waals surface area contributed by atoms with Gasteiger partial charge in [0.15, 0.2) is 0 Å². The van der Waals surface area contributed by atoms with Gasteiger partial charge < -0.3 is 15.2 Å². The van der Waals surface area contributed by atoms with Gasteiger partial charge >= 0.3 is 11.9 Å². The molecule has 1 aliphatic carbocycles. The minimum atomic E-state index is -0.953. The summed E-state index contributed by atoms with van der Waals surface area (Å²) in [6.45, 7) is 1.99. The molecule has 2 atom stereocenters. The van der Waals surface area contributed by atoms with Crippen molar-refractivity contribution >= 4 is 23.5 Å². The van der Waals surface area contributed by atoms with Crippen molar-refractivity contribution in [1.82, 2.24) is 0 Å². The Bertz CT molecular complexity index is 554. The highest BCUT2D eigenvalue weighted by molar-refractivity contribution is 5.99. The predicted molar refractivity (Wildman–Crippen MR) is 70.3 cm³/mol. The highest BCUT2D eigenvalue weighted by Gasteiger charge is 2.48. The first kappa shape index (κ1) is 14.0. The molecule has 1 saturated carbocycles. The minimum absolute atomic E-state index is 0.276. The number of rotatable bonds is 5. The van der Waals surface area contributed by atoms with Crippen molar-refractivity contribution in [3.05, 3.63) is 29.8 Å². The van der Waals surface area contributed by atoms with Crippen molar-refractivity contribution in [3.63, 3.8) is 0 Å². The van der Waals surface area contributed by atoms with Crippen LogP contribution in [-0.2, 0) is 14.3 Å². The lowest BCUT2D eigenvalue weighted by atomic mass is 10.2. The second kappa shape index (κ2) is 5.73. The Labute approximate surface area is 115 Å². The molecule has 6 heteroatoms. The van der Waals surface area contributed by atoms with E-state index in [1.165, 1.54) is 6.07 Å². The first-order valence-corrected chi connectivity index (χ1v) is 6.33. The van der Waals surface area contributed by atoms with E-state index in [-0.39, 0.29) is 12.5 Å². The van der Waals surface area contributed by atoms with Gasteiger partial charge in [-0.3, -0.25) is 9.59 Å². The van der Waals surface area contributed by atoms with E-state index in [1.807, 2.05) is 0 Å². The van der Waals surface area contributed by atoms with E-state index in [2.05, 4.69) is 5.32 Å². The third-order valence-corrected chi connectivity index (χ3v) is 3.09. The van der Waals surface area contributed by atoms with Gasteiger partial charge in [0.25, 0.3) is 0 Å². The Hall–Kier alpha value is -2.37. The van der Waals surface area contributed by atoms with Gasteiger partial charge in [0, 0.05) is 5.69 Å². The maximum Gasteiger partial charge on any atom is 0.338 e. The fourth-order valence-corrected chi connectivity index (χ4v) is 1.93. The van der Waals surface area contributed by atoms with Crippen LogP contribution in [0.1, 0.15) is 23.7 Å². The molecular formula is C14H15NO5. The van der Waals surface area contributed by atoms with Gasteiger partial charge in [0.05, 0.1) is 24.0 Å². The van der Waals surface area contributed by atoms with Crippen molar-refractivity contribution in [2.45, 2.75) is 13.3 Å². The second-order valence-electron chi connectivity index (χ2n) is 4.58. The average molecular weight is 277 g/mol. The van der Waals surface area contributed by atoms with Gasteiger partial charge in [-0.1, -0.05) is 6.07 Å². The van der Waals surface area contributed by atoms with E-state index in [1.54, 1.807) is 25.1 Å². The predicted octanol–water partition coefficient (Wildman–Crippen LogP) is 1.52. The molecule has 1 amide bonds. The summed E-state index contributed by atoms with van der Waals surface area (Å²) < 4.78 is 4.87. The number of hydrogen-bond acceptors (Lipinski definition) is 4. The van der Waals surface area contributed by atoms with Crippen LogP contribution in [0.3, 0.4) is 0 Å². The summed E-state index contributed by atoms with van der Waals surface area (Å²) in [5.74, 6) is -2.83. The van der Waals surface area contributed by atoms with Crippen molar-refractivity contribution in [2.75, 3.05) is 11.9 Å². The Kier molecular flexibility index (Phi) is 4.02. The lowest BCUT2D eigenvalue weighted by Crippen LogP contribution is -2.17. The molecule has 0 radical (unpaired) electrons. The number of carbonyl (C=O) groups is 3. The van der Waals surface area contributed by atoms with E-state index in [0.29, 0.717) is 17.7 Å². The molecule has 2 rings (SSSR count). The minimum Gasteiger partial charge on any atom is -0.481 e. The Morgan fingerprint density at radius 3 is 2.70 bits per heavy atom. The summed E-state index contributed by atoms with van der Waals surface area (Å²) >= 11 is 0.